The van der Waals surface area contributed by atoms with Crippen molar-refractivity contribution >= 4 is 21.6 Å². The van der Waals surface area contributed by atoms with Gasteiger partial charge in [0.15, 0.2) is 0 Å². The molecule has 1 heterocycles. The molecule has 0 radical (unpaired) electrons. The first-order valence-electron chi connectivity index (χ1n) is 5.90. The molecule has 4 nitrogen and oxygen atoms in total. The fourth-order valence-electron chi connectivity index (χ4n) is 1.83. The van der Waals surface area contributed by atoms with E-state index in [1.807, 2.05) is 6.92 Å². The summed E-state index contributed by atoms with van der Waals surface area (Å²) < 4.78 is 40.7. The zero-order valence-corrected chi connectivity index (χ0v) is 12.2. The predicted octanol–water partition coefficient (Wildman–Crippen LogP) is 3.69. The van der Waals surface area contributed by atoms with E-state index >= 15 is 0 Å². The summed E-state index contributed by atoms with van der Waals surface area (Å²) in [5, 5.41) is 10.4. The topological polar surface area (TPSA) is 42.7 Å². The van der Waals surface area contributed by atoms with Crippen molar-refractivity contribution in [1.29, 1.82) is 0 Å². The maximum absolute atomic E-state index is 13.0. The number of anilines is 1. The van der Waals surface area contributed by atoms with E-state index in [2.05, 4.69) is 31.6 Å². The molecule has 0 amide bonds. The molecule has 0 atom stereocenters. The Balaban J connectivity index is 2.24. The molecule has 0 bridgehead atoms. The molecule has 108 valence electrons. The smallest absolute Gasteiger partial charge is 0.379 e. The van der Waals surface area contributed by atoms with Crippen molar-refractivity contribution in [3.05, 3.63) is 40.1 Å². The highest BCUT2D eigenvalue weighted by atomic mass is 79.9. The fraction of sp³-hybridized carbons (Fsp3) is 0.333. The maximum Gasteiger partial charge on any atom is 0.419 e. The third kappa shape index (κ3) is 3.12. The van der Waals surface area contributed by atoms with E-state index in [4.69, 9.17) is 0 Å². The van der Waals surface area contributed by atoms with Crippen molar-refractivity contribution in [1.82, 2.24) is 15.0 Å². The van der Waals surface area contributed by atoms with Gasteiger partial charge in [-0.15, -0.1) is 5.10 Å². The Hall–Kier alpha value is -1.57. The molecule has 0 fully saturated rings. The molecule has 0 unspecified atom stereocenters. The molecule has 0 saturated heterocycles. The first kappa shape index (κ1) is 14.8. The lowest BCUT2D eigenvalue weighted by atomic mass is 10.1. The van der Waals surface area contributed by atoms with Crippen LogP contribution in [0.4, 0.5) is 18.9 Å². The second kappa shape index (κ2) is 5.82. The van der Waals surface area contributed by atoms with E-state index in [1.165, 1.54) is 18.3 Å². The summed E-state index contributed by atoms with van der Waals surface area (Å²) in [5.41, 5.74) is 0.0341. The Labute approximate surface area is 122 Å². The van der Waals surface area contributed by atoms with Crippen molar-refractivity contribution in [2.45, 2.75) is 26.2 Å². The van der Waals surface area contributed by atoms with Crippen molar-refractivity contribution < 1.29 is 13.2 Å². The number of nitrogens with one attached hydrogen (secondary N) is 1. The minimum absolute atomic E-state index is 0.0112. The maximum atomic E-state index is 13.0. The highest BCUT2D eigenvalue weighted by molar-refractivity contribution is 9.10. The Morgan fingerprint density at radius 2 is 2.10 bits per heavy atom. The molecule has 1 aromatic carbocycles. The molecule has 0 aliphatic carbocycles. The van der Waals surface area contributed by atoms with Crippen LogP contribution >= 0.6 is 15.9 Å². The van der Waals surface area contributed by atoms with E-state index in [0.717, 1.165) is 5.69 Å². The SMILES string of the molecule is CCn1nncc1CNc1cccc(Br)c1C(F)(F)F. The van der Waals surface area contributed by atoms with Gasteiger partial charge < -0.3 is 5.32 Å². The summed E-state index contributed by atoms with van der Waals surface area (Å²) in [4.78, 5) is 0. The van der Waals surface area contributed by atoms with E-state index in [0.29, 0.717) is 6.54 Å². The molecule has 8 heteroatoms. The zero-order chi connectivity index (χ0) is 14.8. The summed E-state index contributed by atoms with van der Waals surface area (Å²) in [6.45, 7) is 2.72. The van der Waals surface area contributed by atoms with Crippen molar-refractivity contribution in [2.24, 2.45) is 0 Å². The lowest BCUT2D eigenvalue weighted by Gasteiger charge is -2.16. The number of aromatic nitrogens is 3. The number of aryl methyl sites for hydroxylation is 1. The van der Waals surface area contributed by atoms with Crippen LogP contribution in [0.3, 0.4) is 0 Å². The van der Waals surface area contributed by atoms with Gasteiger partial charge in [-0.1, -0.05) is 27.2 Å². The normalized spacial score (nSPS) is 11.7. The van der Waals surface area contributed by atoms with Gasteiger partial charge in [-0.25, -0.2) is 4.68 Å². The zero-order valence-electron chi connectivity index (χ0n) is 10.6. The molecular formula is C12H12BrF3N4. The van der Waals surface area contributed by atoms with Gasteiger partial charge in [-0.2, -0.15) is 13.2 Å². The van der Waals surface area contributed by atoms with Crippen LogP contribution in [-0.4, -0.2) is 15.0 Å². The third-order valence-electron chi connectivity index (χ3n) is 2.75. The van der Waals surface area contributed by atoms with E-state index in [-0.39, 0.29) is 16.7 Å². The Morgan fingerprint density at radius 1 is 1.35 bits per heavy atom. The average molecular weight is 349 g/mol. The number of halogens is 4. The average Bonchev–Trinajstić information content (AvgIpc) is 2.82. The second-order valence-electron chi connectivity index (χ2n) is 4.05. The van der Waals surface area contributed by atoms with Gasteiger partial charge in [0.1, 0.15) is 0 Å². The van der Waals surface area contributed by atoms with Gasteiger partial charge in [0, 0.05) is 16.7 Å². The minimum Gasteiger partial charge on any atom is -0.379 e. The van der Waals surface area contributed by atoms with Crippen LogP contribution in [0.1, 0.15) is 18.2 Å². The van der Waals surface area contributed by atoms with Crippen LogP contribution in [0.15, 0.2) is 28.9 Å². The molecule has 2 aromatic rings. The van der Waals surface area contributed by atoms with Gasteiger partial charge in [0.05, 0.1) is 24.0 Å². The highest BCUT2D eigenvalue weighted by Crippen LogP contribution is 2.39. The standard InChI is InChI=1S/C12H12BrF3N4/c1-2-20-8(7-18-19-20)6-17-10-5-3-4-9(13)11(10)12(14,15)16/h3-5,7,17H,2,6H2,1H3. The Kier molecular flexibility index (Phi) is 4.32. The monoisotopic (exact) mass is 348 g/mol. The van der Waals surface area contributed by atoms with Gasteiger partial charge in [0.2, 0.25) is 0 Å². The van der Waals surface area contributed by atoms with Crippen LogP contribution in [0.2, 0.25) is 0 Å². The van der Waals surface area contributed by atoms with Crippen LogP contribution < -0.4 is 5.32 Å². The number of hydrogen-bond donors (Lipinski definition) is 1. The Morgan fingerprint density at radius 3 is 2.75 bits per heavy atom. The number of alkyl halides is 3. The molecule has 1 N–H and O–H groups in total. The van der Waals surface area contributed by atoms with E-state index in [9.17, 15) is 13.2 Å². The fourth-order valence-corrected chi connectivity index (χ4v) is 2.42. The molecule has 0 aliphatic heterocycles. The van der Waals surface area contributed by atoms with Crippen LogP contribution in [0, 0.1) is 0 Å². The molecule has 0 spiro atoms. The first-order valence-corrected chi connectivity index (χ1v) is 6.69. The Bertz CT molecular complexity index is 595. The van der Waals surface area contributed by atoms with Gasteiger partial charge >= 0.3 is 6.18 Å². The van der Waals surface area contributed by atoms with Crippen molar-refractivity contribution in [2.75, 3.05) is 5.32 Å². The van der Waals surface area contributed by atoms with Crippen LogP contribution in [0.25, 0.3) is 0 Å². The molecular weight excluding hydrogens is 337 g/mol. The first-order chi connectivity index (χ1) is 9.43. The molecule has 2 rings (SSSR count). The lowest BCUT2D eigenvalue weighted by molar-refractivity contribution is -0.137. The van der Waals surface area contributed by atoms with Crippen LogP contribution in [-0.2, 0) is 19.3 Å². The molecule has 20 heavy (non-hydrogen) atoms. The summed E-state index contributed by atoms with van der Waals surface area (Å²) >= 11 is 2.94. The number of benzene rings is 1. The van der Waals surface area contributed by atoms with Gasteiger partial charge in [-0.05, 0) is 19.1 Å². The van der Waals surface area contributed by atoms with Gasteiger partial charge in [0.25, 0.3) is 0 Å². The van der Waals surface area contributed by atoms with E-state index < -0.39 is 11.7 Å². The second-order valence-corrected chi connectivity index (χ2v) is 4.91. The van der Waals surface area contributed by atoms with Crippen molar-refractivity contribution in [3.63, 3.8) is 0 Å². The highest BCUT2D eigenvalue weighted by Gasteiger charge is 2.35. The number of nitrogens with zero attached hydrogens (tertiary/aromatic N) is 3. The summed E-state index contributed by atoms with van der Waals surface area (Å²) in [6, 6.07) is 4.32. The molecule has 0 saturated carbocycles. The van der Waals surface area contributed by atoms with Crippen LogP contribution in [0.5, 0.6) is 0 Å². The minimum atomic E-state index is -4.42. The third-order valence-corrected chi connectivity index (χ3v) is 3.42. The van der Waals surface area contributed by atoms with E-state index in [1.54, 1.807) is 10.7 Å². The number of hydrogen-bond acceptors (Lipinski definition) is 3. The number of rotatable bonds is 4. The lowest BCUT2D eigenvalue weighted by Crippen LogP contribution is -2.13. The summed E-state index contributed by atoms with van der Waals surface area (Å²) in [7, 11) is 0. The predicted molar refractivity (Wildman–Crippen MR) is 72.2 cm³/mol. The largest absolute Gasteiger partial charge is 0.419 e. The molecule has 1 aromatic heterocycles. The van der Waals surface area contributed by atoms with Gasteiger partial charge in [-0.3, -0.25) is 0 Å². The molecule has 0 aliphatic rings. The summed E-state index contributed by atoms with van der Waals surface area (Å²) in [5.74, 6) is 0. The quantitative estimate of drug-likeness (QED) is 0.916. The summed E-state index contributed by atoms with van der Waals surface area (Å²) in [6.07, 6.45) is -2.90. The van der Waals surface area contributed by atoms with Crippen molar-refractivity contribution in [3.8, 4) is 0 Å².